The Bertz CT molecular complexity index is 758. The fourth-order valence-corrected chi connectivity index (χ4v) is 2.75. The van der Waals surface area contributed by atoms with Crippen molar-refractivity contribution in [3.63, 3.8) is 0 Å². The topological polar surface area (TPSA) is 41.9 Å². The fraction of sp³-hybridized carbons (Fsp3) is 0.222. The van der Waals surface area contributed by atoms with Crippen LogP contribution in [0.1, 0.15) is 17.5 Å². The molecule has 0 aromatic heterocycles. The van der Waals surface area contributed by atoms with Crippen LogP contribution in [0.25, 0.3) is 0 Å². The van der Waals surface area contributed by atoms with Crippen LogP contribution in [0.3, 0.4) is 0 Å². The number of benzene rings is 2. The number of halogens is 1. The molecule has 1 aliphatic heterocycles. The highest BCUT2D eigenvalue weighted by atomic mass is 35.5. The molecular formula is C18H17ClN2O2. The molecule has 118 valence electrons. The van der Waals surface area contributed by atoms with Crippen molar-refractivity contribution in [2.24, 2.45) is 5.10 Å². The molecule has 0 fully saturated rings. The Morgan fingerprint density at radius 2 is 2.09 bits per heavy atom. The summed E-state index contributed by atoms with van der Waals surface area (Å²) in [6.45, 7) is 0.602. The molecule has 0 saturated heterocycles. The van der Waals surface area contributed by atoms with Gasteiger partial charge in [-0.05, 0) is 35.4 Å². The quantitative estimate of drug-likeness (QED) is 0.861. The Hall–Kier alpha value is -2.33. The summed E-state index contributed by atoms with van der Waals surface area (Å²) in [6, 6.07) is 15.1. The monoisotopic (exact) mass is 328 g/mol. The number of carbonyl (C=O) groups excluding carboxylic acids is 1. The summed E-state index contributed by atoms with van der Waals surface area (Å²) in [6.07, 6.45) is 1.05. The van der Waals surface area contributed by atoms with Gasteiger partial charge in [0.2, 0.25) is 5.91 Å². The van der Waals surface area contributed by atoms with Gasteiger partial charge in [-0.15, -0.1) is 0 Å². The van der Waals surface area contributed by atoms with Gasteiger partial charge >= 0.3 is 0 Å². The molecule has 1 aliphatic rings. The minimum absolute atomic E-state index is 0.0183. The van der Waals surface area contributed by atoms with Crippen LogP contribution in [0.4, 0.5) is 0 Å². The fourth-order valence-electron chi connectivity index (χ4n) is 2.56. The first-order valence-corrected chi connectivity index (χ1v) is 7.80. The van der Waals surface area contributed by atoms with Crippen molar-refractivity contribution in [2.75, 3.05) is 13.7 Å². The second-order valence-corrected chi connectivity index (χ2v) is 5.79. The predicted molar refractivity (Wildman–Crippen MR) is 91.0 cm³/mol. The smallest absolute Gasteiger partial charge is 0.247 e. The van der Waals surface area contributed by atoms with Gasteiger partial charge in [-0.3, -0.25) is 4.79 Å². The molecule has 0 N–H and O–H groups in total. The zero-order valence-corrected chi connectivity index (χ0v) is 13.6. The molecule has 0 spiro atoms. The van der Waals surface area contributed by atoms with E-state index in [9.17, 15) is 4.79 Å². The minimum atomic E-state index is -0.0183. The van der Waals surface area contributed by atoms with Crippen LogP contribution in [0.15, 0.2) is 53.6 Å². The number of amides is 1. The number of rotatable bonds is 4. The van der Waals surface area contributed by atoms with Gasteiger partial charge in [-0.2, -0.15) is 5.10 Å². The molecule has 0 saturated carbocycles. The van der Waals surface area contributed by atoms with Crippen molar-refractivity contribution in [1.29, 1.82) is 0 Å². The van der Waals surface area contributed by atoms with E-state index in [0.717, 1.165) is 29.0 Å². The van der Waals surface area contributed by atoms with E-state index in [1.54, 1.807) is 7.11 Å². The molecule has 0 radical (unpaired) electrons. The summed E-state index contributed by atoms with van der Waals surface area (Å²) in [7, 11) is 1.61. The third kappa shape index (κ3) is 3.71. The maximum absolute atomic E-state index is 12.4. The maximum Gasteiger partial charge on any atom is 0.247 e. The number of nitrogens with zero attached hydrogens (tertiary/aromatic N) is 2. The van der Waals surface area contributed by atoms with Gasteiger partial charge in [0.05, 0.1) is 25.8 Å². The molecule has 0 unspecified atom stereocenters. The molecule has 0 atom stereocenters. The second-order valence-electron chi connectivity index (χ2n) is 5.35. The summed E-state index contributed by atoms with van der Waals surface area (Å²) in [4.78, 5) is 12.4. The van der Waals surface area contributed by atoms with Crippen LogP contribution in [-0.2, 0) is 11.2 Å². The zero-order chi connectivity index (χ0) is 16.2. The molecule has 1 amide bonds. The molecular weight excluding hydrogens is 312 g/mol. The van der Waals surface area contributed by atoms with Crippen molar-refractivity contribution in [3.05, 3.63) is 64.7 Å². The molecule has 4 nitrogen and oxygen atoms in total. The lowest BCUT2D eigenvalue weighted by molar-refractivity contribution is -0.130. The van der Waals surface area contributed by atoms with E-state index < -0.39 is 0 Å². The van der Waals surface area contributed by atoms with Crippen molar-refractivity contribution < 1.29 is 9.53 Å². The van der Waals surface area contributed by atoms with Gasteiger partial charge in [-0.25, -0.2) is 5.01 Å². The molecule has 2 aromatic rings. The zero-order valence-electron chi connectivity index (χ0n) is 12.8. The standard InChI is InChI=1S/C18H17ClN2O2/c1-23-16-7-2-4-13(10-16)11-18(22)21-9-8-17(20-21)14-5-3-6-15(19)12-14/h2-7,10,12H,8-9,11H2,1H3. The first-order chi connectivity index (χ1) is 11.2. The molecule has 0 aliphatic carbocycles. The van der Waals surface area contributed by atoms with Gasteiger partial charge < -0.3 is 4.74 Å². The second kappa shape index (κ2) is 6.84. The summed E-state index contributed by atoms with van der Waals surface area (Å²) in [5.41, 5.74) is 2.78. The van der Waals surface area contributed by atoms with Crippen molar-refractivity contribution in [2.45, 2.75) is 12.8 Å². The molecule has 23 heavy (non-hydrogen) atoms. The van der Waals surface area contributed by atoms with Gasteiger partial charge in [0.1, 0.15) is 5.75 Å². The summed E-state index contributed by atoms with van der Waals surface area (Å²) in [5, 5.41) is 6.66. The predicted octanol–water partition coefficient (Wildman–Crippen LogP) is 3.53. The van der Waals surface area contributed by atoms with E-state index in [1.165, 1.54) is 5.01 Å². The van der Waals surface area contributed by atoms with Crippen molar-refractivity contribution in [1.82, 2.24) is 5.01 Å². The van der Waals surface area contributed by atoms with Gasteiger partial charge in [-0.1, -0.05) is 35.9 Å². The highest BCUT2D eigenvalue weighted by Gasteiger charge is 2.21. The van der Waals surface area contributed by atoms with Gasteiger partial charge in [0, 0.05) is 11.4 Å². The largest absolute Gasteiger partial charge is 0.497 e. The van der Waals surface area contributed by atoms with Gasteiger partial charge in [0.15, 0.2) is 0 Å². The summed E-state index contributed by atoms with van der Waals surface area (Å²) < 4.78 is 5.18. The minimum Gasteiger partial charge on any atom is -0.497 e. The average molecular weight is 329 g/mol. The third-order valence-corrected chi connectivity index (χ3v) is 3.97. The van der Waals surface area contributed by atoms with Crippen molar-refractivity contribution in [3.8, 4) is 5.75 Å². The van der Waals surface area contributed by atoms with E-state index in [1.807, 2.05) is 48.5 Å². The highest BCUT2D eigenvalue weighted by Crippen LogP contribution is 2.19. The first-order valence-electron chi connectivity index (χ1n) is 7.42. The Balaban J connectivity index is 1.71. The van der Waals surface area contributed by atoms with E-state index in [4.69, 9.17) is 16.3 Å². The van der Waals surface area contributed by atoms with Crippen molar-refractivity contribution >= 4 is 23.2 Å². The number of hydrogen-bond acceptors (Lipinski definition) is 3. The van der Waals surface area contributed by atoms with Gasteiger partial charge in [0.25, 0.3) is 0 Å². The van der Waals surface area contributed by atoms with E-state index in [-0.39, 0.29) is 5.91 Å². The summed E-state index contributed by atoms with van der Waals surface area (Å²) in [5.74, 6) is 0.732. The van der Waals surface area contributed by atoms with Crippen LogP contribution < -0.4 is 4.74 Å². The normalized spacial score (nSPS) is 13.8. The van der Waals surface area contributed by atoms with E-state index in [0.29, 0.717) is 18.0 Å². The lowest BCUT2D eigenvalue weighted by Crippen LogP contribution is -2.25. The first kappa shape index (κ1) is 15.6. The molecule has 3 rings (SSSR count). The lowest BCUT2D eigenvalue weighted by Gasteiger charge is -2.11. The molecule has 2 aromatic carbocycles. The third-order valence-electron chi connectivity index (χ3n) is 3.74. The Labute approximate surface area is 140 Å². The number of hydrazone groups is 1. The van der Waals surface area contributed by atoms with Crippen LogP contribution in [0.2, 0.25) is 5.02 Å². The average Bonchev–Trinajstić information content (AvgIpc) is 3.05. The molecule has 0 bridgehead atoms. The van der Waals surface area contributed by atoms with Crippen LogP contribution >= 0.6 is 11.6 Å². The van der Waals surface area contributed by atoms with Crippen LogP contribution in [-0.4, -0.2) is 30.3 Å². The Kier molecular flexibility index (Phi) is 4.63. The number of carbonyl (C=O) groups is 1. The molecule has 1 heterocycles. The maximum atomic E-state index is 12.4. The van der Waals surface area contributed by atoms with Crippen LogP contribution in [0, 0.1) is 0 Å². The Morgan fingerprint density at radius 1 is 1.26 bits per heavy atom. The highest BCUT2D eigenvalue weighted by molar-refractivity contribution is 6.31. The van der Waals surface area contributed by atoms with E-state index in [2.05, 4.69) is 5.10 Å². The lowest BCUT2D eigenvalue weighted by atomic mass is 10.1. The number of ether oxygens (including phenoxy) is 1. The van der Waals surface area contributed by atoms with E-state index >= 15 is 0 Å². The SMILES string of the molecule is COc1cccc(CC(=O)N2CCC(c3cccc(Cl)c3)=N2)c1. The summed E-state index contributed by atoms with van der Waals surface area (Å²) >= 11 is 6.01. The Morgan fingerprint density at radius 3 is 2.87 bits per heavy atom. The molecule has 5 heteroatoms. The number of hydrogen-bond donors (Lipinski definition) is 0. The van der Waals surface area contributed by atoms with Crippen LogP contribution in [0.5, 0.6) is 5.75 Å². The number of methoxy groups -OCH3 is 1.